The van der Waals surface area contributed by atoms with Gasteiger partial charge in [0, 0.05) is 26.6 Å². The molecule has 1 N–H and O–H groups in total. The Morgan fingerprint density at radius 1 is 1.24 bits per heavy atom. The van der Waals surface area contributed by atoms with Crippen LogP contribution in [0, 0.1) is 5.92 Å². The van der Waals surface area contributed by atoms with Crippen molar-refractivity contribution in [2.75, 3.05) is 27.8 Å². The lowest BCUT2D eigenvalue weighted by atomic mass is 10.0. The minimum Gasteiger partial charge on any atom is -0.444 e. The van der Waals surface area contributed by atoms with Gasteiger partial charge in [0.25, 0.3) is 0 Å². The minimum atomic E-state index is -0.545. The first-order valence-corrected chi connectivity index (χ1v) is 6.92. The molecule has 0 fully saturated rings. The highest BCUT2D eigenvalue weighted by atomic mass is 16.7. The summed E-state index contributed by atoms with van der Waals surface area (Å²) < 4.78 is 10.4. The Kier molecular flexibility index (Phi) is 8.27. The van der Waals surface area contributed by atoms with E-state index < -0.39 is 11.7 Å². The lowest BCUT2D eigenvalue weighted by Gasteiger charge is -2.24. The Morgan fingerprint density at radius 2 is 1.81 bits per heavy atom. The van der Waals surface area contributed by atoms with Crippen molar-refractivity contribution < 1.29 is 23.9 Å². The molecule has 21 heavy (non-hydrogen) atoms. The molecule has 0 spiro atoms. The second kappa shape index (κ2) is 8.84. The van der Waals surface area contributed by atoms with Crippen molar-refractivity contribution in [1.82, 2.24) is 10.4 Å². The molecule has 0 rings (SSSR count). The van der Waals surface area contributed by atoms with Crippen LogP contribution in [0.25, 0.3) is 0 Å². The average molecular weight is 304 g/mol. The number of hydroxylamine groups is 2. The summed E-state index contributed by atoms with van der Waals surface area (Å²) >= 11 is 0. The third-order valence-corrected chi connectivity index (χ3v) is 2.83. The standard InChI is InChI=1S/C14H28N2O5/c1-10(12(17)16(5)20-7)8-11(19-6)9-15-13(18)21-14(2,3)4/h10-11H,8-9H2,1-7H3,(H,15,18)/t10-,11+/m0/s1. The Labute approximate surface area is 126 Å². The fourth-order valence-corrected chi connectivity index (χ4v) is 1.67. The van der Waals surface area contributed by atoms with Gasteiger partial charge in [-0.3, -0.25) is 9.63 Å². The van der Waals surface area contributed by atoms with Gasteiger partial charge in [-0.25, -0.2) is 9.86 Å². The summed E-state index contributed by atoms with van der Waals surface area (Å²) in [5.74, 6) is -0.419. The van der Waals surface area contributed by atoms with Gasteiger partial charge in [-0.15, -0.1) is 0 Å². The number of carbonyl (C=O) groups excluding carboxylic acids is 2. The van der Waals surface area contributed by atoms with E-state index in [1.165, 1.54) is 12.2 Å². The molecule has 0 saturated carbocycles. The highest BCUT2D eigenvalue weighted by Crippen LogP contribution is 2.12. The van der Waals surface area contributed by atoms with E-state index >= 15 is 0 Å². The van der Waals surface area contributed by atoms with Gasteiger partial charge in [-0.1, -0.05) is 6.92 Å². The molecule has 0 aliphatic rings. The van der Waals surface area contributed by atoms with Crippen LogP contribution in [0.1, 0.15) is 34.1 Å². The Morgan fingerprint density at radius 3 is 2.24 bits per heavy atom. The van der Waals surface area contributed by atoms with Crippen LogP contribution < -0.4 is 5.32 Å². The van der Waals surface area contributed by atoms with E-state index in [1.807, 2.05) is 0 Å². The molecule has 7 nitrogen and oxygen atoms in total. The predicted molar refractivity (Wildman–Crippen MR) is 78.6 cm³/mol. The van der Waals surface area contributed by atoms with E-state index in [1.54, 1.807) is 41.9 Å². The van der Waals surface area contributed by atoms with Crippen molar-refractivity contribution in [2.45, 2.75) is 45.8 Å². The number of nitrogens with one attached hydrogen (secondary N) is 1. The van der Waals surface area contributed by atoms with Gasteiger partial charge >= 0.3 is 6.09 Å². The van der Waals surface area contributed by atoms with E-state index in [-0.39, 0.29) is 24.5 Å². The van der Waals surface area contributed by atoms with Crippen molar-refractivity contribution in [3.8, 4) is 0 Å². The number of hydrogen-bond acceptors (Lipinski definition) is 5. The lowest BCUT2D eigenvalue weighted by molar-refractivity contribution is -0.173. The Hall–Kier alpha value is -1.34. The van der Waals surface area contributed by atoms with E-state index in [9.17, 15) is 9.59 Å². The molecular formula is C14H28N2O5. The van der Waals surface area contributed by atoms with Crippen molar-refractivity contribution in [1.29, 1.82) is 0 Å². The SMILES string of the molecule is CO[C@@H](CNC(=O)OC(C)(C)C)C[C@H](C)C(=O)N(C)OC. The van der Waals surface area contributed by atoms with E-state index in [4.69, 9.17) is 14.3 Å². The molecule has 0 radical (unpaired) electrons. The lowest BCUT2D eigenvalue weighted by Crippen LogP contribution is -2.39. The number of rotatable bonds is 7. The molecule has 0 aromatic heterocycles. The van der Waals surface area contributed by atoms with Gasteiger partial charge < -0.3 is 14.8 Å². The van der Waals surface area contributed by atoms with Gasteiger partial charge in [-0.2, -0.15) is 0 Å². The molecule has 0 aliphatic carbocycles. The Balaban J connectivity index is 4.28. The van der Waals surface area contributed by atoms with Gasteiger partial charge in [0.1, 0.15) is 5.60 Å². The number of alkyl carbamates (subject to hydrolysis) is 1. The van der Waals surface area contributed by atoms with Gasteiger partial charge in [0.2, 0.25) is 5.91 Å². The Bertz CT molecular complexity index is 341. The minimum absolute atomic E-state index is 0.142. The van der Waals surface area contributed by atoms with Crippen LogP contribution in [0.15, 0.2) is 0 Å². The number of hydrogen-bond donors (Lipinski definition) is 1. The summed E-state index contributed by atoms with van der Waals surface area (Å²) in [4.78, 5) is 28.3. The van der Waals surface area contributed by atoms with Gasteiger partial charge in [0.15, 0.2) is 0 Å². The van der Waals surface area contributed by atoms with Crippen molar-refractivity contribution in [3.63, 3.8) is 0 Å². The van der Waals surface area contributed by atoms with E-state index in [0.717, 1.165) is 0 Å². The summed E-state index contributed by atoms with van der Waals surface area (Å²) in [5.41, 5.74) is -0.545. The van der Waals surface area contributed by atoms with Crippen LogP contribution >= 0.6 is 0 Å². The summed E-state index contributed by atoms with van der Waals surface area (Å²) in [6, 6.07) is 0. The monoisotopic (exact) mass is 304 g/mol. The van der Waals surface area contributed by atoms with Gasteiger partial charge in [0.05, 0.1) is 13.2 Å². The largest absolute Gasteiger partial charge is 0.444 e. The molecule has 2 amide bonds. The molecule has 0 bridgehead atoms. The normalized spacial score (nSPS) is 14.2. The van der Waals surface area contributed by atoms with E-state index in [0.29, 0.717) is 6.42 Å². The third-order valence-electron chi connectivity index (χ3n) is 2.83. The second-order valence-corrected chi connectivity index (χ2v) is 5.90. The zero-order valence-corrected chi connectivity index (χ0v) is 14.1. The number of carbonyl (C=O) groups is 2. The van der Waals surface area contributed by atoms with Crippen LogP contribution in [0.2, 0.25) is 0 Å². The molecule has 0 aromatic carbocycles. The third kappa shape index (κ3) is 8.52. The van der Waals surface area contributed by atoms with Crippen LogP contribution in [0.5, 0.6) is 0 Å². The average Bonchev–Trinajstić information content (AvgIpc) is 2.39. The van der Waals surface area contributed by atoms with Crippen molar-refractivity contribution >= 4 is 12.0 Å². The fourth-order valence-electron chi connectivity index (χ4n) is 1.67. The summed E-state index contributed by atoms with van der Waals surface area (Å²) in [6.45, 7) is 7.45. The topological polar surface area (TPSA) is 77.1 Å². The number of ether oxygens (including phenoxy) is 2. The first-order valence-electron chi connectivity index (χ1n) is 6.92. The zero-order valence-electron chi connectivity index (χ0n) is 14.1. The molecule has 0 heterocycles. The fraction of sp³-hybridized carbons (Fsp3) is 0.857. The first kappa shape index (κ1) is 19.7. The van der Waals surface area contributed by atoms with Crippen molar-refractivity contribution in [2.24, 2.45) is 5.92 Å². The molecule has 0 aromatic rings. The van der Waals surface area contributed by atoms with Crippen LogP contribution in [0.4, 0.5) is 4.79 Å². The smallest absolute Gasteiger partial charge is 0.407 e. The van der Waals surface area contributed by atoms with E-state index in [2.05, 4.69) is 5.32 Å². The molecule has 7 heteroatoms. The van der Waals surface area contributed by atoms with Crippen LogP contribution in [-0.2, 0) is 19.1 Å². The summed E-state index contributed by atoms with van der Waals surface area (Å²) in [6.07, 6.45) is -0.307. The highest BCUT2D eigenvalue weighted by Gasteiger charge is 2.23. The summed E-state index contributed by atoms with van der Waals surface area (Å²) in [5, 5.41) is 3.81. The van der Waals surface area contributed by atoms with Crippen LogP contribution in [0.3, 0.4) is 0 Å². The molecule has 0 saturated heterocycles. The quantitative estimate of drug-likeness (QED) is 0.722. The van der Waals surface area contributed by atoms with Crippen LogP contribution in [-0.4, -0.2) is 56.6 Å². The molecule has 0 unspecified atom stereocenters. The maximum absolute atomic E-state index is 11.9. The van der Waals surface area contributed by atoms with Crippen molar-refractivity contribution in [3.05, 3.63) is 0 Å². The maximum atomic E-state index is 11.9. The molecule has 2 atom stereocenters. The number of methoxy groups -OCH3 is 1. The number of nitrogens with zero attached hydrogens (tertiary/aromatic N) is 1. The second-order valence-electron chi connectivity index (χ2n) is 5.90. The first-order chi connectivity index (χ1) is 9.60. The van der Waals surface area contributed by atoms with Gasteiger partial charge in [-0.05, 0) is 27.2 Å². The molecule has 124 valence electrons. The molecular weight excluding hydrogens is 276 g/mol. The molecule has 0 aliphatic heterocycles. The summed E-state index contributed by atoms with van der Waals surface area (Å²) in [7, 11) is 4.53. The predicted octanol–water partition coefficient (Wildman–Crippen LogP) is 1.57. The highest BCUT2D eigenvalue weighted by molar-refractivity contribution is 5.77. The zero-order chi connectivity index (χ0) is 16.6. The number of amides is 2. The maximum Gasteiger partial charge on any atom is 0.407 e.